The minimum Gasteiger partial charge on any atom is -0.497 e. The van der Waals surface area contributed by atoms with E-state index in [0.29, 0.717) is 45.6 Å². The SMILES string of the molecule is COc1ccc(C(=O)C2C(=O)C(=O)N3c4ccc(OC)c(c4)Oc4cc(OC)ccc4C23)cc1. The van der Waals surface area contributed by atoms with E-state index in [-0.39, 0.29) is 0 Å². The number of ketones is 2. The molecule has 172 valence electrons. The van der Waals surface area contributed by atoms with Crippen molar-refractivity contribution in [2.75, 3.05) is 26.2 Å². The Labute approximate surface area is 195 Å². The predicted octanol–water partition coefficient (Wildman–Crippen LogP) is 3.97. The van der Waals surface area contributed by atoms with Crippen molar-refractivity contribution < 1.29 is 33.3 Å². The number of hydrogen-bond acceptors (Lipinski definition) is 7. The summed E-state index contributed by atoms with van der Waals surface area (Å²) in [4.78, 5) is 41.5. The Morgan fingerprint density at radius 1 is 0.824 bits per heavy atom. The highest BCUT2D eigenvalue weighted by Gasteiger charge is 2.53. The summed E-state index contributed by atoms with van der Waals surface area (Å²) >= 11 is 0. The van der Waals surface area contributed by atoms with Gasteiger partial charge in [0.15, 0.2) is 17.3 Å². The van der Waals surface area contributed by atoms with E-state index in [9.17, 15) is 14.4 Å². The van der Waals surface area contributed by atoms with E-state index in [2.05, 4.69) is 0 Å². The van der Waals surface area contributed by atoms with Crippen molar-refractivity contribution in [3.63, 3.8) is 0 Å². The summed E-state index contributed by atoms with van der Waals surface area (Å²) < 4.78 is 22.1. The molecule has 0 radical (unpaired) electrons. The standard InChI is InChI=1S/C26H21NO7/c1-31-16-7-4-14(5-8-16)24(28)22-23-18-10-9-17(32-2)13-20(18)34-21-12-15(6-11-19(21)33-3)27(23)26(30)25(22)29/h4-13,22-23H,1-3H3. The molecule has 0 aromatic heterocycles. The molecule has 2 aliphatic heterocycles. The van der Waals surface area contributed by atoms with Crippen molar-refractivity contribution in [1.29, 1.82) is 0 Å². The Balaban J connectivity index is 1.70. The molecule has 0 spiro atoms. The van der Waals surface area contributed by atoms with Crippen LogP contribution in [0.25, 0.3) is 0 Å². The zero-order valence-electron chi connectivity index (χ0n) is 18.7. The Bertz CT molecular complexity index is 1320. The second-order valence-electron chi connectivity index (χ2n) is 7.90. The number of anilines is 1. The Hall–Kier alpha value is -4.33. The van der Waals surface area contributed by atoms with Crippen molar-refractivity contribution in [3.05, 3.63) is 71.8 Å². The van der Waals surface area contributed by atoms with Gasteiger partial charge in [-0.25, -0.2) is 0 Å². The molecule has 5 rings (SSSR count). The van der Waals surface area contributed by atoms with E-state index in [1.54, 1.807) is 60.7 Å². The molecular weight excluding hydrogens is 438 g/mol. The minimum atomic E-state index is -1.25. The van der Waals surface area contributed by atoms with Crippen LogP contribution in [0.3, 0.4) is 0 Å². The van der Waals surface area contributed by atoms with Crippen LogP contribution < -0.4 is 23.8 Å². The van der Waals surface area contributed by atoms with Gasteiger partial charge in [0.2, 0.25) is 5.78 Å². The van der Waals surface area contributed by atoms with Gasteiger partial charge in [-0.2, -0.15) is 0 Å². The van der Waals surface area contributed by atoms with Crippen LogP contribution in [0.1, 0.15) is 22.0 Å². The maximum absolute atomic E-state index is 13.6. The first-order valence-corrected chi connectivity index (χ1v) is 10.6. The highest BCUT2D eigenvalue weighted by atomic mass is 16.5. The number of fused-ring (bicyclic) bond motifs is 6. The molecule has 2 unspecified atom stereocenters. The summed E-state index contributed by atoms with van der Waals surface area (Å²) in [5.74, 6) is -0.935. The van der Waals surface area contributed by atoms with Gasteiger partial charge in [-0.3, -0.25) is 19.3 Å². The summed E-state index contributed by atoms with van der Waals surface area (Å²) in [5, 5.41) is 0. The van der Waals surface area contributed by atoms with Crippen LogP contribution in [-0.2, 0) is 9.59 Å². The van der Waals surface area contributed by atoms with Crippen LogP contribution in [0.2, 0.25) is 0 Å². The molecule has 8 nitrogen and oxygen atoms in total. The van der Waals surface area contributed by atoms with Crippen molar-refractivity contribution in [1.82, 2.24) is 0 Å². The maximum Gasteiger partial charge on any atom is 0.295 e. The number of ether oxygens (including phenoxy) is 4. The zero-order chi connectivity index (χ0) is 24.0. The van der Waals surface area contributed by atoms with Gasteiger partial charge in [0, 0.05) is 28.9 Å². The summed E-state index contributed by atoms with van der Waals surface area (Å²) in [6.07, 6.45) is 0. The topological polar surface area (TPSA) is 91.4 Å². The minimum absolute atomic E-state index is 0.308. The molecule has 1 amide bonds. The lowest BCUT2D eigenvalue weighted by Gasteiger charge is -2.31. The first-order chi connectivity index (χ1) is 16.5. The number of hydrogen-bond donors (Lipinski definition) is 0. The average molecular weight is 459 g/mol. The predicted molar refractivity (Wildman–Crippen MR) is 122 cm³/mol. The Morgan fingerprint density at radius 2 is 1.53 bits per heavy atom. The van der Waals surface area contributed by atoms with E-state index >= 15 is 0 Å². The highest BCUT2D eigenvalue weighted by molar-refractivity contribution is 6.49. The van der Waals surface area contributed by atoms with Crippen LogP contribution in [0.4, 0.5) is 5.69 Å². The van der Waals surface area contributed by atoms with Gasteiger partial charge in [0.05, 0.1) is 27.4 Å². The Kier molecular flexibility index (Phi) is 5.20. The number of nitrogens with zero attached hydrogens (tertiary/aromatic N) is 1. The molecule has 1 fully saturated rings. The van der Waals surface area contributed by atoms with Crippen molar-refractivity contribution >= 4 is 23.2 Å². The van der Waals surface area contributed by atoms with Gasteiger partial charge < -0.3 is 18.9 Å². The molecule has 8 heteroatoms. The summed E-state index contributed by atoms with van der Waals surface area (Å²) in [7, 11) is 4.56. The molecule has 0 N–H and O–H groups in total. The molecule has 34 heavy (non-hydrogen) atoms. The monoisotopic (exact) mass is 459 g/mol. The number of carbonyl (C=O) groups excluding carboxylic acids is 3. The molecular formula is C26H21NO7. The number of Topliss-reactive ketones (excluding diaryl/α,β-unsaturated/α-hetero) is 2. The lowest BCUT2D eigenvalue weighted by molar-refractivity contribution is -0.135. The molecule has 3 aromatic rings. The van der Waals surface area contributed by atoms with Crippen LogP contribution in [0.15, 0.2) is 60.7 Å². The number of amides is 1. The fourth-order valence-electron chi connectivity index (χ4n) is 4.45. The lowest BCUT2D eigenvalue weighted by atomic mass is 9.85. The molecule has 3 aromatic carbocycles. The molecule has 2 bridgehead atoms. The summed E-state index contributed by atoms with van der Waals surface area (Å²) in [6.45, 7) is 0. The van der Waals surface area contributed by atoms with Crippen LogP contribution in [-0.4, -0.2) is 38.8 Å². The molecule has 0 aliphatic carbocycles. The lowest BCUT2D eigenvalue weighted by Crippen LogP contribution is -2.31. The summed E-state index contributed by atoms with van der Waals surface area (Å²) in [6, 6.07) is 15.6. The number of rotatable bonds is 5. The smallest absolute Gasteiger partial charge is 0.295 e. The van der Waals surface area contributed by atoms with E-state index < -0.39 is 29.4 Å². The van der Waals surface area contributed by atoms with E-state index in [1.807, 2.05) is 0 Å². The van der Waals surface area contributed by atoms with Crippen molar-refractivity contribution in [3.8, 4) is 28.7 Å². The van der Waals surface area contributed by atoms with Crippen LogP contribution in [0.5, 0.6) is 28.7 Å². The van der Waals surface area contributed by atoms with E-state index in [4.69, 9.17) is 18.9 Å². The Morgan fingerprint density at radius 3 is 2.21 bits per heavy atom. The third kappa shape index (κ3) is 3.26. The zero-order valence-corrected chi connectivity index (χ0v) is 18.7. The van der Waals surface area contributed by atoms with Crippen molar-refractivity contribution in [2.45, 2.75) is 6.04 Å². The third-order valence-corrected chi connectivity index (χ3v) is 6.15. The average Bonchev–Trinajstić information content (AvgIpc) is 3.12. The maximum atomic E-state index is 13.6. The van der Waals surface area contributed by atoms with Crippen LogP contribution >= 0.6 is 0 Å². The van der Waals surface area contributed by atoms with Gasteiger partial charge in [0.25, 0.3) is 5.91 Å². The van der Waals surface area contributed by atoms with E-state index in [0.717, 1.165) is 0 Å². The number of carbonyl (C=O) groups is 3. The normalized spacial score (nSPS) is 18.3. The molecule has 2 heterocycles. The molecule has 2 aliphatic rings. The van der Waals surface area contributed by atoms with Gasteiger partial charge in [-0.15, -0.1) is 0 Å². The molecule has 2 atom stereocenters. The molecule has 0 saturated carbocycles. The second-order valence-corrected chi connectivity index (χ2v) is 7.90. The fourth-order valence-corrected chi connectivity index (χ4v) is 4.45. The first-order valence-electron chi connectivity index (χ1n) is 10.6. The van der Waals surface area contributed by atoms with Crippen LogP contribution in [0, 0.1) is 5.92 Å². The van der Waals surface area contributed by atoms with Gasteiger partial charge >= 0.3 is 0 Å². The van der Waals surface area contributed by atoms with Gasteiger partial charge in [-0.05, 0) is 48.5 Å². The van der Waals surface area contributed by atoms with Crippen molar-refractivity contribution in [2.24, 2.45) is 5.92 Å². The number of benzene rings is 3. The third-order valence-electron chi connectivity index (χ3n) is 6.15. The quantitative estimate of drug-likeness (QED) is 0.324. The number of methoxy groups -OCH3 is 3. The summed E-state index contributed by atoms with van der Waals surface area (Å²) in [5.41, 5.74) is 1.26. The fraction of sp³-hybridized carbons (Fsp3) is 0.192. The molecule has 1 saturated heterocycles. The van der Waals surface area contributed by atoms with Gasteiger partial charge in [-0.1, -0.05) is 0 Å². The second kappa shape index (κ2) is 8.22. The van der Waals surface area contributed by atoms with Gasteiger partial charge in [0.1, 0.15) is 23.2 Å². The largest absolute Gasteiger partial charge is 0.497 e. The first kappa shape index (κ1) is 21.5. The van der Waals surface area contributed by atoms with E-state index in [1.165, 1.54) is 26.2 Å². The highest BCUT2D eigenvalue weighted by Crippen LogP contribution is 2.50.